The normalized spacial score (nSPS) is 23.7. The highest BCUT2D eigenvalue weighted by Gasteiger charge is 2.37. The molecule has 0 aliphatic carbocycles. The first-order valence-corrected chi connectivity index (χ1v) is 8.53. The molecule has 1 saturated heterocycles. The van der Waals surface area contributed by atoms with E-state index in [1.165, 1.54) is 16.6 Å². The van der Waals surface area contributed by atoms with Gasteiger partial charge in [-0.1, -0.05) is 19.1 Å². The molecule has 22 heavy (non-hydrogen) atoms. The van der Waals surface area contributed by atoms with E-state index in [-0.39, 0.29) is 17.4 Å². The second-order valence-corrected chi connectivity index (χ2v) is 7.70. The highest BCUT2D eigenvalue weighted by Crippen LogP contribution is 2.31. The number of nitrogens with zero attached hydrogens (tertiary/aromatic N) is 1. The van der Waals surface area contributed by atoms with E-state index in [4.69, 9.17) is 4.42 Å². The Morgan fingerprint density at radius 3 is 2.82 bits per heavy atom. The number of piperidine rings is 1. The second kappa shape index (κ2) is 5.40. The molecule has 6 nitrogen and oxygen atoms in total. The maximum absolute atomic E-state index is 12.9. The van der Waals surface area contributed by atoms with Crippen LogP contribution in [0.3, 0.4) is 0 Å². The van der Waals surface area contributed by atoms with Gasteiger partial charge in [0, 0.05) is 18.5 Å². The van der Waals surface area contributed by atoms with E-state index in [1.54, 1.807) is 18.2 Å². The fourth-order valence-electron chi connectivity index (χ4n) is 2.99. The van der Waals surface area contributed by atoms with E-state index < -0.39 is 21.9 Å². The lowest BCUT2D eigenvalue weighted by atomic mass is 9.92. The number of carboxylic acid groups (broad SMARTS) is 1. The summed E-state index contributed by atoms with van der Waals surface area (Å²) in [5, 5.41) is 9.92. The predicted octanol–water partition coefficient (Wildman–Crippen LogP) is 2.16. The number of carbonyl (C=O) groups is 1. The molecular weight excluding hydrogens is 306 g/mol. The zero-order valence-corrected chi connectivity index (χ0v) is 12.9. The zero-order chi connectivity index (χ0) is 15.9. The molecule has 1 aliphatic rings. The first-order valence-electron chi connectivity index (χ1n) is 7.09. The summed E-state index contributed by atoms with van der Waals surface area (Å²) < 4.78 is 32.3. The van der Waals surface area contributed by atoms with Crippen LogP contribution in [-0.2, 0) is 14.8 Å². The molecule has 0 bridgehead atoms. The lowest BCUT2D eigenvalue weighted by Gasteiger charge is -2.33. The Kier molecular flexibility index (Phi) is 3.70. The molecule has 0 radical (unpaired) electrons. The highest BCUT2D eigenvalue weighted by atomic mass is 32.2. The fraction of sp³-hybridized carbons (Fsp3) is 0.400. The van der Waals surface area contributed by atoms with Gasteiger partial charge in [0.05, 0.1) is 12.2 Å². The Morgan fingerprint density at radius 2 is 2.09 bits per heavy atom. The number of hydrogen-bond donors (Lipinski definition) is 1. The van der Waals surface area contributed by atoms with E-state index in [1.807, 2.05) is 6.92 Å². The SMILES string of the molecule is CC1CC(C(=O)O)CN(S(=O)(=O)c2cccc3ccoc23)C1. The quantitative estimate of drug-likeness (QED) is 0.935. The van der Waals surface area contributed by atoms with Crippen LogP contribution in [-0.4, -0.2) is 36.9 Å². The van der Waals surface area contributed by atoms with Crippen molar-refractivity contribution in [1.29, 1.82) is 0 Å². The molecule has 1 aromatic heterocycles. The number of sulfonamides is 1. The Bertz CT molecular complexity index is 810. The van der Waals surface area contributed by atoms with Crippen LogP contribution in [0.1, 0.15) is 13.3 Å². The van der Waals surface area contributed by atoms with Crippen molar-refractivity contribution in [2.24, 2.45) is 11.8 Å². The summed E-state index contributed by atoms with van der Waals surface area (Å²) in [6, 6.07) is 6.63. The van der Waals surface area contributed by atoms with E-state index in [9.17, 15) is 18.3 Å². The fourth-order valence-corrected chi connectivity index (χ4v) is 4.74. The molecule has 118 valence electrons. The van der Waals surface area contributed by atoms with Crippen LogP contribution < -0.4 is 0 Å². The second-order valence-electron chi connectivity index (χ2n) is 5.79. The summed E-state index contributed by atoms with van der Waals surface area (Å²) in [6.45, 7) is 2.19. The van der Waals surface area contributed by atoms with Gasteiger partial charge in [-0.15, -0.1) is 0 Å². The van der Waals surface area contributed by atoms with E-state index in [0.717, 1.165) is 0 Å². The van der Waals surface area contributed by atoms with Gasteiger partial charge in [0.25, 0.3) is 0 Å². The molecule has 1 N–H and O–H groups in total. The van der Waals surface area contributed by atoms with E-state index >= 15 is 0 Å². The molecule has 1 fully saturated rings. The van der Waals surface area contributed by atoms with Gasteiger partial charge in [-0.2, -0.15) is 4.31 Å². The minimum absolute atomic E-state index is 0.000397. The number of hydrogen-bond acceptors (Lipinski definition) is 4. The molecule has 2 unspecified atom stereocenters. The lowest BCUT2D eigenvalue weighted by molar-refractivity contribution is -0.143. The summed E-state index contributed by atoms with van der Waals surface area (Å²) in [5.74, 6) is -1.63. The summed E-state index contributed by atoms with van der Waals surface area (Å²) in [4.78, 5) is 11.3. The lowest BCUT2D eigenvalue weighted by Crippen LogP contribution is -2.45. The van der Waals surface area contributed by atoms with Crippen LogP contribution in [0, 0.1) is 11.8 Å². The number of furan rings is 1. The predicted molar refractivity (Wildman–Crippen MR) is 79.9 cm³/mol. The molecule has 3 rings (SSSR count). The number of carboxylic acids is 1. The van der Waals surface area contributed by atoms with Gasteiger partial charge in [0.1, 0.15) is 4.90 Å². The Balaban J connectivity index is 2.02. The summed E-state index contributed by atoms with van der Waals surface area (Å²) in [5.41, 5.74) is 0.313. The average Bonchev–Trinajstić information content (AvgIpc) is 2.94. The molecule has 1 aromatic carbocycles. The molecule has 0 spiro atoms. The van der Waals surface area contributed by atoms with Gasteiger partial charge < -0.3 is 9.52 Å². The number of benzene rings is 1. The number of rotatable bonds is 3. The Labute approximate surface area is 128 Å². The van der Waals surface area contributed by atoms with Crippen molar-refractivity contribution in [3.63, 3.8) is 0 Å². The van der Waals surface area contributed by atoms with Crippen molar-refractivity contribution < 1.29 is 22.7 Å². The van der Waals surface area contributed by atoms with Crippen molar-refractivity contribution in [1.82, 2.24) is 4.31 Å². The van der Waals surface area contributed by atoms with Crippen LogP contribution >= 0.6 is 0 Å². The summed E-state index contributed by atoms with van der Waals surface area (Å²) in [7, 11) is -3.78. The molecule has 0 saturated carbocycles. The third kappa shape index (κ3) is 2.50. The third-order valence-corrected chi connectivity index (χ3v) is 5.89. The van der Waals surface area contributed by atoms with Crippen LogP contribution in [0.2, 0.25) is 0 Å². The topological polar surface area (TPSA) is 87.8 Å². The minimum atomic E-state index is -3.78. The van der Waals surface area contributed by atoms with Gasteiger partial charge in [-0.3, -0.25) is 4.79 Å². The van der Waals surface area contributed by atoms with Gasteiger partial charge in [0.2, 0.25) is 10.0 Å². The van der Waals surface area contributed by atoms with Crippen molar-refractivity contribution >= 4 is 27.0 Å². The monoisotopic (exact) mass is 323 g/mol. The molecule has 0 amide bonds. The maximum Gasteiger partial charge on any atom is 0.307 e. The molecule has 1 aliphatic heterocycles. The van der Waals surface area contributed by atoms with E-state index in [0.29, 0.717) is 23.9 Å². The van der Waals surface area contributed by atoms with Crippen LogP contribution in [0.25, 0.3) is 11.0 Å². The molecule has 7 heteroatoms. The van der Waals surface area contributed by atoms with Gasteiger partial charge in [-0.25, -0.2) is 8.42 Å². The molecule has 2 aromatic rings. The van der Waals surface area contributed by atoms with Crippen molar-refractivity contribution in [2.75, 3.05) is 13.1 Å². The van der Waals surface area contributed by atoms with Gasteiger partial charge in [0.15, 0.2) is 5.58 Å². The van der Waals surface area contributed by atoms with Gasteiger partial charge >= 0.3 is 5.97 Å². The smallest absolute Gasteiger partial charge is 0.307 e. The van der Waals surface area contributed by atoms with Crippen molar-refractivity contribution in [2.45, 2.75) is 18.2 Å². The van der Waals surface area contributed by atoms with Crippen LogP contribution in [0.15, 0.2) is 39.8 Å². The summed E-state index contributed by atoms with van der Waals surface area (Å²) >= 11 is 0. The average molecular weight is 323 g/mol. The first kappa shape index (κ1) is 15.1. The maximum atomic E-state index is 12.9. The minimum Gasteiger partial charge on any atom is -0.481 e. The molecular formula is C15H17NO5S. The molecule has 2 atom stereocenters. The Hall–Kier alpha value is -1.86. The Morgan fingerprint density at radius 1 is 1.32 bits per heavy atom. The van der Waals surface area contributed by atoms with E-state index in [2.05, 4.69) is 0 Å². The van der Waals surface area contributed by atoms with Crippen LogP contribution in [0.5, 0.6) is 0 Å². The van der Waals surface area contributed by atoms with Crippen molar-refractivity contribution in [3.05, 3.63) is 30.5 Å². The number of fused-ring (bicyclic) bond motifs is 1. The first-order chi connectivity index (χ1) is 10.4. The highest BCUT2D eigenvalue weighted by molar-refractivity contribution is 7.89. The number of aliphatic carboxylic acids is 1. The van der Waals surface area contributed by atoms with Crippen LogP contribution in [0.4, 0.5) is 0 Å². The summed E-state index contributed by atoms with van der Waals surface area (Å²) in [6.07, 6.45) is 1.94. The van der Waals surface area contributed by atoms with Crippen molar-refractivity contribution in [3.8, 4) is 0 Å². The number of para-hydroxylation sites is 1. The standard InChI is InChI=1S/C15H17NO5S/c1-10-7-12(15(17)18)9-16(8-10)22(19,20)13-4-2-3-11-5-6-21-14(11)13/h2-6,10,12H,7-9H2,1H3,(H,17,18). The third-order valence-electron chi connectivity index (χ3n) is 4.04. The zero-order valence-electron chi connectivity index (χ0n) is 12.1. The van der Waals surface area contributed by atoms with Gasteiger partial charge in [-0.05, 0) is 24.5 Å². The molecule has 2 heterocycles. The largest absolute Gasteiger partial charge is 0.481 e.